The molecule has 40 valence electrons. The third-order valence-electron chi connectivity index (χ3n) is 0.129. The molecule has 0 atom stereocenters. The van der Waals surface area contributed by atoms with Crippen molar-refractivity contribution in [1.82, 2.24) is 0 Å². The van der Waals surface area contributed by atoms with E-state index in [4.69, 9.17) is 5.11 Å². The minimum atomic E-state index is 0.684. The summed E-state index contributed by atoms with van der Waals surface area (Å²) in [5.41, 5.74) is 0. The third kappa shape index (κ3) is 28.3. The standard InChI is InChI=1S/C2H6OS.CH4O/c1-2-3-4;1-2/h4H,2H2,1H3;2H,1H3. The van der Waals surface area contributed by atoms with Gasteiger partial charge >= 0.3 is 0 Å². The SMILES string of the molecule is CCOS.CO. The van der Waals surface area contributed by atoms with Crippen molar-refractivity contribution in [3.63, 3.8) is 0 Å². The summed E-state index contributed by atoms with van der Waals surface area (Å²) in [6.45, 7) is 2.57. The summed E-state index contributed by atoms with van der Waals surface area (Å²) in [6, 6.07) is 0. The molecule has 0 aromatic heterocycles. The van der Waals surface area contributed by atoms with Crippen molar-refractivity contribution >= 4 is 12.9 Å². The predicted molar refractivity (Wildman–Crippen MR) is 28.8 cm³/mol. The van der Waals surface area contributed by atoms with E-state index >= 15 is 0 Å². The molecule has 0 bridgehead atoms. The number of aliphatic hydroxyl groups excluding tert-OH is 1. The zero-order valence-electron chi connectivity index (χ0n) is 4.01. The zero-order valence-corrected chi connectivity index (χ0v) is 4.90. The van der Waals surface area contributed by atoms with Crippen LogP contribution in [0.4, 0.5) is 0 Å². The van der Waals surface area contributed by atoms with Crippen LogP contribution >= 0.6 is 12.9 Å². The quantitative estimate of drug-likeness (QED) is 0.379. The summed E-state index contributed by atoms with van der Waals surface area (Å²) in [4.78, 5) is 0. The Morgan fingerprint density at radius 1 is 1.67 bits per heavy atom. The molecule has 0 radical (unpaired) electrons. The van der Waals surface area contributed by atoms with Crippen LogP contribution in [0.25, 0.3) is 0 Å². The lowest BCUT2D eigenvalue weighted by Gasteiger charge is -1.73. The van der Waals surface area contributed by atoms with E-state index < -0.39 is 0 Å². The summed E-state index contributed by atoms with van der Waals surface area (Å²) >= 11 is 3.42. The van der Waals surface area contributed by atoms with E-state index in [1.807, 2.05) is 6.92 Å². The van der Waals surface area contributed by atoms with Crippen LogP contribution in [-0.4, -0.2) is 18.8 Å². The van der Waals surface area contributed by atoms with Gasteiger partial charge in [0.15, 0.2) is 0 Å². The van der Waals surface area contributed by atoms with Crippen LogP contribution in [0.15, 0.2) is 0 Å². The number of hydrogen-bond donors (Lipinski definition) is 2. The van der Waals surface area contributed by atoms with Crippen molar-refractivity contribution < 1.29 is 9.29 Å². The highest BCUT2D eigenvalue weighted by Gasteiger charge is 1.53. The van der Waals surface area contributed by atoms with E-state index in [-0.39, 0.29) is 0 Å². The van der Waals surface area contributed by atoms with Gasteiger partial charge in [0.2, 0.25) is 0 Å². The molecule has 0 aliphatic rings. The second-order valence-electron chi connectivity index (χ2n) is 0.418. The predicted octanol–water partition coefficient (Wildman–Crippen LogP) is 0.476. The van der Waals surface area contributed by atoms with Gasteiger partial charge in [-0.25, -0.2) is 0 Å². The number of aliphatic hydroxyl groups is 1. The first kappa shape index (κ1) is 9.55. The summed E-state index contributed by atoms with van der Waals surface area (Å²) in [7, 11) is 1.00. The van der Waals surface area contributed by atoms with Crippen LogP contribution in [0.1, 0.15) is 6.92 Å². The second kappa shape index (κ2) is 18.6. The van der Waals surface area contributed by atoms with Gasteiger partial charge < -0.3 is 9.29 Å². The Balaban J connectivity index is 0. The molecule has 0 aliphatic carbocycles. The van der Waals surface area contributed by atoms with Gasteiger partial charge in [0, 0.05) is 7.11 Å². The van der Waals surface area contributed by atoms with Crippen LogP contribution < -0.4 is 0 Å². The molecule has 0 aromatic rings. The van der Waals surface area contributed by atoms with Crippen molar-refractivity contribution in [3.05, 3.63) is 0 Å². The van der Waals surface area contributed by atoms with Crippen LogP contribution in [0, 0.1) is 0 Å². The van der Waals surface area contributed by atoms with E-state index in [1.165, 1.54) is 0 Å². The molecule has 0 aromatic carbocycles. The maximum atomic E-state index is 7.00. The molecular formula is C3H10O2S. The van der Waals surface area contributed by atoms with E-state index in [0.717, 1.165) is 7.11 Å². The molecule has 0 saturated carbocycles. The van der Waals surface area contributed by atoms with E-state index in [1.54, 1.807) is 0 Å². The van der Waals surface area contributed by atoms with Crippen LogP contribution in [0.3, 0.4) is 0 Å². The van der Waals surface area contributed by atoms with Gasteiger partial charge in [-0.05, 0) is 19.8 Å². The Hall–Kier alpha value is 0.270. The molecule has 0 rings (SSSR count). The Bertz CT molecular complexity index is 10.8. The molecule has 0 heterocycles. The molecule has 0 saturated heterocycles. The molecule has 0 unspecified atom stereocenters. The van der Waals surface area contributed by atoms with Crippen molar-refractivity contribution in [2.24, 2.45) is 0 Å². The van der Waals surface area contributed by atoms with Crippen LogP contribution in [0.5, 0.6) is 0 Å². The number of rotatable bonds is 1. The summed E-state index contributed by atoms with van der Waals surface area (Å²) in [6.07, 6.45) is 0. The molecule has 0 aliphatic heterocycles. The van der Waals surface area contributed by atoms with Crippen molar-refractivity contribution in [2.75, 3.05) is 13.7 Å². The highest BCUT2D eigenvalue weighted by Crippen LogP contribution is 1.69. The monoisotopic (exact) mass is 110 g/mol. The minimum Gasteiger partial charge on any atom is -0.400 e. The van der Waals surface area contributed by atoms with Gasteiger partial charge in [0.05, 0.1) is 6.61 Å². The van der Waals surface area contributed by atoms with E-state index in [0.29, 0.717) is 6.61 Å². The molecule has 0 fully saturated rings. The van der Waals surface area contributed by atoms with Crippen molar-refractivity contribution in [1.29, 1.82) is 0 Å². The fraction of sp³-hybridized carbons (Fsp3) is 1.00. The Morgan fingerprint density at radius 2 is 1.83 bits per heavy atom. The molecule has 1 N–H and O–H groups in total. The normalized spacial score (nSPS) is 6.00. The average molecular weight is 110 g/mol. The highest BCUT2D eigenvalue weighted by molar-refractivity contribution is 7.75. The smallest absolute Gasteiger partial charge is 0.0582 e. The van der Waals surface area contributed by atoms with Gasteiger partial charge in [-0.3, -0.25) is 0 Å². The number of hydrogen-bond acceptors (Lipinski definition) is 3. The lowest BCUT2D eigenvalue weighted by Crippen LogP contribution is -1.64. The van der Waals surface area contributed by atoms with Crippen molar-refractivity contribution in [2.45, 2.75) is 6.92 Å². The first-order valence-corrected chi connectivity index (χ1v) is 1.99. The molecule has 6 heavy (non-hydrogen) atoms. The average Bonchev–Trinajstić information content (AvgIpc) is 1.72. The first-order chi connectivity index (χ1) is 2.91. The Morgan fingerprint density at radius 3 is 1.83 bits per heavy atom. The van der Waals surface area contributed by atoms with Gasteiger partial charge in [0.25, 0.3) is 0 Å². The second-order valence-corrected chi connectivity index (χ2v) is 0.676. The van der Waals surface area contributed by atoms with E-state index in [2.05, 4.69) is 17.1 Å². The van der Waals surface area contributed by atoms with Crippen LogP contribution in [0.2, 0.25) is 0 Å². The molecular weight excluding hydrogens is 100 g/mol. The van der Waals surface area contributed by atoms with Gasteiger partial charge in [-0.15, -0.1) is 0 Å². The fourth-order valence-electron chi connectivity index (χ4n) is 0. The largest absolute Gasteiger partial charge is 0.400 e. The summed E-state index contributed by atoms with van der Waals surface area (Å²) < 4.78 is 4.24. The summed E-state index contributed by atoms with van der Waals surface area (Å²) in [5, 5.41) is 7.00. The molecule has 0 amide bonds. The third-order valence-corrected chi connectivity index (χ3v) is 0.387. The van der Waals surface area contributed by atoms with Gasteiger partial charge in [0.1, 0.15) is 0 Å². The first-order valence-electron chi connectivity index (χ1n) is 1.63. The van der Waals surface area contributed by atoms with Gasteiger partial charge in [-0.2, -0.15) is 0 Å². The molecule has 3 heteroatoms. The Kier molecular flexibility index (Phi) is 29.7. The lowest BCUT2D eigenvalue weighted by molar-refractivity contribution is 0.399. The maximum absolute atomic E-state index is 7.00. The fourth-order valence-corrected chi connectivity index (χ4v) is 0. The molecule has 2 nitrogen and oxygen atoms in total. The Labute approximate surface area is 43.7 Å². The maximum Gasteiger partial charge on any atom is 0.0582 e. The van der Waals surface area contributed by atoms with Crippen LogP contribution in [-0.2, 0) is 4.18 Å². The number of thiol groups is 1. The highest BCUT2D eigenvalue weighted by atomic mass is 32.1. The lowest BCUT2D eigenvalue weighted by atomic mass is 10.9. The minimum absolute atomic E-state index is 0.684. The van der Waals surface area contributed by atoms with Crippen molar-refractivity contribution in [3.8, 4) is 0 Å². The van der Waals surface area contributed by atoms with Gasteiger partial charge in [-0.1, -0.05) is 0 Å². The zero-order chi connectivity index (χ0) is 5.41. The molecule has 0 spiro atoms. The van der Waals surface area contributed by atoms with E-state index in [9.17, 15) is 0 Å². The summed E-state index contributed by atoms with van der Waals surface area (Å²) in [5.74, 6) is 0. The topological polar surface area (TPSA) is 29.5 Å².